The first-order chi connectivity index (χ1) is 11.7. The topological polar surface area (TPSA) is 44.9 Å². The van der Waals surface area contributed by atoms with Crippen LogP contribution in [-0.2, 0) is 7.05 Å². The molecule has 1 aromatic carbocycles. The van der Waals surface area contributed by atoms with E-state index in [1.165, 1.54) is 16.9 Å². The van der Waals surface area contributed by atoms with Gasteiger partial charge in [-0.15, -0.1) is 0 Å². The summed E-state index contributed by atoms with van der Waals surface area (Å²) in [5, 5.41) is 13.7. The van der Waals surface area contributed by atoms with Crippen LogP contribution in [0.2, 0.25) is 5.02 Å². The third kappa shape index (κ3) is 2.24. The van der Waals surface area contributed by atoms with Crippen LogP contribution in [-0.4, -0.2) is 28.5 Å². The molecule has 2 fully saturated rings. The van der Waals surface area contributed by atoms with Gasteiger partial charge in [0.2, 0.25) is 0 Å². The number of benzene rings is 1. The maximum atomic E-state index is 14.8. The Balaban J connectivity index is 1.84. The van der Waals surface area contributed by atoms with Gasteiger partial charge < -0.3 is 4.90 Å². The first kappa shape index (κ1) is 16.8. The summed E-state index contributed by atoms with van der Waals surface area (Å²) in [4.78, 5) is 1.89. The van der Waals surface area contributed by atoms with Crippen LogP contribution in [0.4, 0.5) is 14.5 Å². The van der Waals surface area contributed by atoms with Crippen molar-refractivity contribution >= 4 is 33.2 Å². The highest BCUT2D eigenvalue weighted by Crippen LogP contribution is 2.64. The maximum absolute atomic E-state index is 14.8. The van der Waals surface area contributed by atoms with Crippen molar-refractivity contribution in [2.24, 2.45) is 12.5 Å². The molecule has 8 heteroatoms. The second-order valence-corrected chi connectivity index (χ2v) is 8.29. The van der Waals surface area contributed by atoms with Crippen molar-refractivity contribution in [3.8, 4) is 17.3 Å². The fourth-order valence-electron chi connectivity index (χ4n) is 3.78. The predicted octanol–water partition coefficient (Wildman–Crippen LogP) is 4.45. The largest absolute Gasteiger partial charge is 0.369 e. The molecule has 0 N–H and O–H groups in total. The molecule has 1 unspecified atom stereocenters. The molecule has 130 valence electrons. The summed E-state index contributed by atoms with van der Waals surface area (Å²) in [6.45, 7) is 2.61. The lowest BCUT2D eigenvalue weighted by Crippen LogP contribution is -2.52. The van der Waals surface area contributed by atoms with E-state index in [2.05, 4.69) is 27.1 Å². The number of halogens is 4. The second-order valence-electron chi connectivity index (χ2n) is 7.03. The minimum absolute atomic E-state index is 0.0724. The van der Waals surface area contributed by atoms with Gasteiger partial charge >= 0.3 is 0 Å². The molecular weight excluding hydrogens is 414 g/mol. The molecule has 1 spiro atoms. The normalized spacial score (nSPS) is 23.5. The minimum Gasteiger partial charge on any atom is -0.369 e. The Morgan fingerprint density at radius 2 is 2.08 bits per heavy atom. The molecule has 2 heterocycles. The van der Waals surface area contributed by atoms with E-state index in [4.69, 9.17) is 11.6 Å². The third-order valence-electron chi connectivity index (χ3n) is 5.42. The molecule has 0 amide bonds. The maximum Gasteiger partial charge on any atom is 0.152 e. The van der Waals surface area contributed by atoms with Crippen molar-refractivity contribution < 1.29 is 8.78 Å². The van der Waals surface area contributed by atoms with Gasteiger partial charge in [0.25, 0.3) is 0 Å². The van der Waals surface area contributed by atoms with Gasteiger partial charge in [0.05, 0.1) is 38.2 Å². The van der Waals surface area contributed by atoms with E-state index in [9.17, 15) is 14.0 Å². The number of alkyl halides is 1. The Bertz CT molecular complexity index is 922. The van der Waals surface area contributed by atoms with Crippen molar-refractivity contribution in [3.63, 3.8) is 0 Å². The number of anilines is 1. The predicted molar refractivity (Wildman–Crippen MR) is 94.8 cm³/mol. The van der Waals surface area contributed by atoms with Crippen LogP contribution >= 0.6 is 27.5 Å². The highest BCUT2D eigenvalue weighted by atomic mass is 79.9. The summed E-state index contributed by atoms with van der Waals surface area (Å²) in [5.41, 5.74) is -0.235. The number of rotatable bonds is 2. The lowest BCUT2D eigenvalue weighted by atomic mass is 9.90. The lowest BCUT2D eigenvalue weighted by Gasteiger charge is -2.43. The molecule has 1 saturated heterocycles. The van der Waals surface area contributed by atoms with Crippen LogP contribution in [0.3, 0.4) is 0 Å². The van der Waals surface area contributed by atoms with Crippen LogP contribution in [0.15, 0.2) is 16.7 Å². The molecule has 1 atom stereocenters. The summed E-state index contributed by atoms with van der Waals surface area (Å²) >= 11 is 9.45. The monoisotopic (exact) mass is 426 g/mol. The minimum atomic E-state index is -1.16. The first-order valence-corrected chi connectivity index (χ1v) is 8.92. The van der Waals surface area contributed by atoms with Crippen molar-refractivity contribution in [2.45, 2.75) is 19.0 Å². The molecular formula is C17H14BrClF2N4. The molecule has 1 aliphatic heterocycles. The number of nitriles is 1. The zero-order valence-electron chi connectivity index (χ0n) is 13.6. The third-order valence-corrected chi connectivity index (χ3v) is 6.28. The number of aromatic nitrogens is 2. The van der Waals surface area contributed by atoms with Crippen LogP contribution in [0.25, 0.3) is 11.3 Å². The van der Waals surface area contributed by atoms with Crippen LogP contribution in [0.1, 0.15) is 18.9 Å². The standard InChI is InChI=1S/C17H14BrClF2N4/c1-16(21)6-17(16)7-25(8-17)12-3-11(19)14(20)13(9(12)4-22)15-10(18)5-23-24(15)2/h3,5H,6-8H2,1-2H3. The molecule has 2 aliphatic rings. The van der Waals surface area contributed by atoms with Gasteiger partial charge in [0, 0.05) is 25.6 Å². The zero-order valence-corrected chi connectivity index (χ0v) is 15.9. The molecule has 4 rings (SSSR count). The van der Waals surface area contributed by atoms with E-state index in [0.717, 1.165) is 0 Å². The van der Waals surface area contributed by atoms with Crippen LogP contribution in [0, 0.1) is 22.6 Å². The summed E-state index contributed by atoms with van der Waals surface area (Å²) in [6.07, 6.45) is 2.06. The van der Waals surface area contributed by atoms with Crippen LogP contribution in [0.5, 0.6) is 0 Å². The van der Waals surface area contributed by atoms with Crippen molar-refractivity contribution in [2.75, 3.05) is 18.0 Å². The van der Waals surface area contributed by atoms with Gasteiger partial charge in [-0.1, -0.05) is 11.6 Å². The summed E-state index contributed by atoms with van der Waals surface area (Å²) < 4.78 is 31.0. The summed E-state index contributed by atoms with van der Waals surface area (Å²) in [6, 6.07) is 3.55. The van der Waals surface area contributed by atoms with Crippen LogP contribution < -0.4 is 4.90 Å². The Hall–Kier alpha value is -1.65. The average Bonchev–Trinajstić information content (AvgIpc) is 2.96. The SMILES string of the molecule is Cn1ncc(Br)c1-c1c(F)c(Cl)cc(N2CC3(C2)CC3(C)F)c1C#N. The molecule has 1 aliphatic carbocycles. The van der Waals surface area contributed by atoms with Crippen molar-refractivity contribution in [1.82, 2.24) is 9.78 Å². The van der Waals surface area contributed by atoms with Gasteiger partial charge in [-0.2, -0.15) is 10.4 Å². The second kappa shape index (κ2) is 5.18. The highest BCUT2D eigenvalue weighted by Gasteiger charge is 2.71. The quantitative estimate of drug-likeness (QED) is 0.711. The number of aryl methyl sites for hydroxylation is 1. The molecule has 1 saturated carbocycles. The first-order valence-electron chi connectivity index (χ1n) is 7.74. The number of hydrogen-bond donors (Lipinski definition) is 0. The van der Waals surface area contributed by atoms with Gasteiger partial charge in [-0.05, 0) is 35.3 Å². The lowest BCUT2D eigenvalue weighted by molar-refractivity contribution is 0.211. The smallest absolute Gasteiger partial charge is 0.152 e. The fourth-order valence-corrected chi connectivity index (χ4v) is 4.52. The van der Waals surface area contributed by atoms with Gasteiger partial charge in [0.15, 0.2) is 5.82 Å². The average molecular weight is 428 g/mol. The molecule has 2 aromatic rings. The van der Waals surface area contributed by atoms with Gasteiger partial charge in [0.1, 0.15) is 11.7 Å². The molecule has 1 aromatic heterocycles. The number of hydrogen-bond acceptors (Lipinski definition) is 3. The Morgan fingerprint density at radius 3 is 2.56 bits per heavy atom. The Morgan fingerprint density at radius 1 is 1.44 bits per heavy atom. The molecule has 25 heavy (non-hydrogen) atoms. The summed E-state index contributed by atoms with van der Waals surface area (Å²) in [5.74, 6) is -0.664. The molecule has 0 bridgehead atoms. The van der Waals surface area contributed by atoms with E-state index in [0.29, 0.717) is 35.4 Å². The highest BCUT2D eigenvalue weighted by molar-refractivity contribution is 9.10. The molecule has 0 radical (unpaired) electrons. The molecule has 4 nitrogen and oxygen atoms in total. The van der Waals surface area contributed by atoms with E-state index < -0.39 is 11.5 Å². The Labute approximate surface area is 157 Å². The summed E-state index contributed by atoms with van der Waals surface area (Å²) in [7, 11) is 1.67. The fraction of sp³-hybridized carbons (Fsp3) is 0.412. The van der Waals surface area contributed by atoms with Crippen molar-refractivity contribution in [1.29, 1.82) is 5.26 Å². The van der Waals surface area contributed by atoms with E-state index in [-0.39, 0.29) is 21.6 Å². The van der Waals surface area contributed by atoms with E-state index in [1.54, 1.807) is 14.0 Å². The zero-order chi connectivity index (χ0) is 18.1. The Kier molecular flexibility index (Phi) is 3.48. The van der Waals surface area contributed by atoms with E-state index >= 15 is 0 Å². The van der Waals surface area contributed by atoms with Gasteiger partial charge in [-0.25, -0.2) is 8.78 Å². The van der Waals surface area contributed by atoms with E-state index in [1.807, 2.05) is 4.90 Å². The van der Waals surface area contributed by atoms with Gasteiger partial charge in [-0.3, -0.25) is 4.68 Å². The number of nitrogens with zero attached hydrogens (tertiary/aromatic N) is 4. The van der Waals surface area contributed by atoms with Crippen molar-refractivity contribution in [3.05, 3.63) is 33.1 Å².